The number of nitrogens with one attached hydrogen (secondary N) is 2. The van der Waals surface area contributed by atoms with Gasteiger partial charge in [-0.25, -0.2) is 0 Å². The highest BCUT2D eigenvalue weighted by Crippen LogP contribution is 2.32. The summed E-state index contributed by atoms with van der Waals surface area (Å²) in [5, 5.41) is 25.5. The maximum atomic E-state index is 12.7. The largest absolute Gasteiger partial charge is 0.506 e. The molecule has 0 atom stereocenters. The van der Waals surface area contributed by atoms with Gasteiger partial charge >= 0.3 is 0 Å². The van der Waals surface area contributed by atoms with Crippen LogP contribution in [0.1, 0.15) is 98.4 Å². The third-order valence-corrected chi connectivity index (χ3v) is 6.54. The Morgan fingerprint density at radius 1 is 0.596 bits per heavy atom. The lowest BCUT2D eigenvalue weighted by Crippen LogP contribution is -2.20. The van der Waals surface area contributed by atoms with E-state index in [1.165, 1.54) is 0 Å². The van der Waals surface area contributed by atoms with Crippen LogP contribution in [0.15, 0.2) is 110 Å². The number of hydrogen-bond donors (Lipinski definition) is 4. The standard InChI is InChI=1S/C31H30N2O4.2C3H6.2C2H6/c1-19-5-15-27(34)25(17-19)32-29(36)21-7-11-23(12-8-21)31(3,4)24-13-9-22(10-14-24)30(37)33-26-18-20(2)6-16-28(26)35;2*1-3-2;2*1-2/h5-18,34-35H,1-4H3,(H,32,36)(H,33,37);2*3H,1H2,2H3;2*1-2H3. The zero-order valence-corrected chi connectivity index (χ0v) is 29.9. The SMILES string of the molecule is C=CC.C=CC.CC.CC.Cc1ccc(O)c(NC(=O)c2ccc(C(C)(C)c3ccc(C(=O)Nc4cc(C)ccc4O)cc3)cc2)c1. The molecule has 6 nitrogen and oxygen atoms in total. The van der Waals surface area contributed by atoms with Crippen molar-refractivity contribution in [3.05, 3.63) is 144 Å². The van der Waals surface area contributed by atoms with E-state index < -0.39 is 0 Å². The number of allylic oxidation sites excluding steroid dienone is 2. The molecule has 0 aliphatic heterocycles. The molecule has 47 heavy (non-hydrogen) atoms. The summed E-state index contributed by atoms with van der Waals surface area (Å²) in [6.45, 7) is 26.4. The zero-order valence-electron chi connectivity index (χ0n) is 29.9. The highest BCUT2D eigenvalue weighted by atomic mass is 16.3. The second kappa shape index (κ2) is 21.6. The van der Waals surface area contributed by atoms with Crippen LogP contribution in [0, 0.1) is 13.8 Å². The minimum Gasteiger partial charge on any atom is -0.506 e. The van der Waals surface area contributed by atoms with E-state index in [2.05, 4.69) is 37.6 Å². The summed E-state index contributed by atoms with van der Waals surface area (Å²) in [5.41, 5.74) is 5.19. The number of hydrogen-bond acceptors (Lipinski definition) is 4. The molecule has 6 heteroatoms. The van der Waals surface area contributed by atoms with Gasteiger partial charge in [-0.2, -0.15) is 0 Å². The first-order valence-electron chi connectivity index (χ1n) is 15.9. The summed E-state index contributed by atoms with van der Waals surface area (Å²) in [6.07, 6.45) is 3.50. The molecule has 0 saturated carbocycles. The number of phenols is 2. The lowest BCUT2D eigenvalue weighted by Gasteiger charge is -2.26. The molecule has 252 valence electrons. The van der Waals surface area contributed by atoms with E-state index in [4.69, 9.17) is 0 Å². The van der Waals surface area contributed by atoms with E-state index in [1.54, 1.807) is 72.8 Å². The van der Waals surface area contributed by atoms with Crippen molar-refractivity contribution < 1.29 is 19.8 Å². The molecule has 4 aromatic rings. The van der Waals surface area contributed by atoms with E-state index in [0.717, 1.165) is 22.3 Å². The van der Waals surface area contributed by atoms with E-state index in [0.29, 0.717) is 22.5 Å². The van der Waals surface area contributed by atoms with Gasteiger partial charge in [-0.15, -0.1) is 13.2 Å². The first kappa shape index (κ1) is 41.9. The van der Waals surface area contributed by atoms with Crippen LogP contribution in [0.2, 0.25) is 0 Å². The second-order valence-electron chi connectivity index (χ2n) is 10.5. The van der Waals surface area contributed by atoms with Crippen molar-refractivity contribution in [2.24, 2.45) is 0 Å². The Labute approximate surface area is 282 Å². The molecule has 0 radical (unpaired) electrons. The Bertz CT molecular complexity index is 1440. The molecular weight excluding hydrogens is 584 g/mol. The highest BCUT2D eigenvalue weighted by Gasteiger charge is 2.24. The van der Waals surface area contributed by atoms with Gasteiger partial charge in [0.05, 0.1) is 11.4 Å². The number of carbonyl (C=O) groups is 2. The molecule has 0 aromatic heterocycles. The lowest BCUT2D eigenvalue weighted by atomic mass is 9.77. The van der Waals surface area contributed by atoms with Crippen LogP contribution in [0.3, 0.4) is 0 Å². The normalized spacial score (nSPS) is 9.57. The first-order valence-corrected chi connectivity index (χ1v) is 15.9. The fourth-order valence-electron chi connectivity index (χ4n) is 4.13. The minimum absolute atomic E-state index is 0.0181. The van der Waals surface area contributed by atoms with Gasteiger partial charge in [-0.1, -0.05) is 90.1 Å². The van der Waals surface area contributed by atoms with Crippen molar-refractivity contribution in [3.63, 3.8) is 0 Å². The quantitative estimate of drug-likeness (QED) is 0.125. The fourth-order valence-corrected chi connectivity index (χ4v) is 4.13. The molecule has 0 fully saturated rings. The van der Waals surface area contributed by atoms with E-state index >= 15 is 0 Å². The summed E-state index contributed by atoms with van der Waals surface area (Å²) in [5.74, 6) is -0.574. The van der Waals surface area contributed by atoms with Gasteiger partial charge in [-0.3, -0.25) is 9.59 Å². The molecule has 0 saturated heterocycles. The molecule has 0 unspecified atom stereocenters. The zero-order chi connectivity index (χ0) is 36.2. The van der Waals surface area contributed by atoms with Crippen molar-refractivity contribution in [2.75, 3.05) is 10.6 Å². The van der Waals surface area contributed by atoms with Crippen LogP contribution in [0.25, 0.3) is 0 Å². The highest BCUT2D eigenvalue weighted by molar-refractivity contribution is 6.05. The monoisotopic (exact) mass is 638 g/mol. The summed E-state index contributed by atoms with van der Waals surface area (Å²) < 4.78 is 0. The van der Waals surface area contributed by atoms with Crippen LogP contribution in [0.5, 0.6) is 11.5 Å². The Morgan fingerprint density at radius 2 is 0.872 bits per heavy atom. The van der Waals surface area contributed by atoms with Crippen LogP contribution in [-0.2, 0) is 5.41 Å². The van der Waals surface area contributed by atoms with Crippen LogP contribution in [0.4, 0.5) is 11.4 Å². The molecule has 4 aromatic carbocycles. The first-order chi connectivity index (χ1) is 22.4. The molecule has 4 rings (SSSR count). The molecule has 0 aliphatic carbocycles. The Kier molecular flexibility index (Phi) is 19.3. The number of rotatable bonds is 6. The summed E-state index contributed by atoms with van der Waals surface area (Å²) >= 11 is 0. The van der Waals surface area contributed by atoms with Crippen molar-refractivity contribution >= 4 is 23.2 Å². The van der Waals surface area contributed by atoms with Gasteiger partial charge in [0.1, 0.15) is 11.5 Å². The number of anilines is 2. The lowest BCUT2D eigenvalue weighted by molar-refractivity contribution is 0.101. The van der Waals surface area contributed by atoms with Crippen molar-refractivity contribution in [3.8, 4) is 11.5 Å². The molecule has 2 amide bonds. The average Bonchev–Trinajstić information content (AvgIpc) is 3.07. The van der Waals surface area contributed by atoms with Crippen LogP contribution in [-0.4, -0.2) is 22.0 Å². The van der Waals surface area contributed by atoms with Gasteiger partial charge in [-0.05, 0) is 98.5 Å². The number of aromatic hydroxyl groups is 2. The number of aryl methyl sites for hydroxylation is 2. The maximum Gasteiger partial charge on any atom is 0.255 e. The molecule has 0 heterocycles. The van der Waals surface area contributed by atoms with Gasteiger partial charge in [0.15, 0.2) is 0 Å². The fraction of sp³-hybridized carbons (Fsp3) is 0.268. The average molecular weight is 639 g/mol. The molecule has 0 aliphatic rings. The summed E-state index contributed by atoms with van der Waals surface area (Å²) in [7, 11) is 0. The Hall–Kier alpha value is -5.10. The molecule has 4 N–H and O–H groups in total. The maximum absolute atomic E-state index is 12.7. The van der Waals surface area contributed by atoms with Gasteiger partial charge in [0.25, 0.3) is 11.8 Å². The smallest absolute Gasteiger partial charge is 0.255 e. The third kappa shape index (κ3) is 13.0. The minimum atomic E-state index is -0.381. The third-order valence-electron chi connectivity index (χ3n) is 6.54. The van der Waals surface area contributed by atoms with Gasteiger partial charge < -0.3 is 20.8 Å². The summed E-state index contributed by atoms with van der Waals surface area (Å²) in [6, 6.07) is 24.8. The van der Waals surface area contributed by atoms with Gasteiger partial charge in [0, 0.05) is 16.5 Å². The number of carbonyl (C=O) groups excluding carboxylic acids is 2. The van der Waals surface area contributed by atoms with E-state index in [1.807, 2.05) is 79.7 Å². The molecule has 0 bridgehead atoms. The molecule has 0 spiro atoms. The topological polar surface area (TPSA) is 98.7 Å². The predicted octanol–water partition coefficient (Wildman–Crippen LogP) is 11.0. The van der Waals surface area contributed by atoms with Crippen LogP contribution < -0.4 is 10.6 Å². The van der Waals surface area contributed by atoms with E-state index in [-0.39, 0.29) is 28.7 Å². The predicted molar refractivity (Wildman–Crippen MR) is 201 cm³/mol. The Morgan fingerprint density at radius 3 is 1.15 bits per heavy atom. The van der Waals surface area contributed by atoms with Crippen molar-refractivity contribution in [2.45, 2.75) is 74.7 Å². The van der Waals surface area contributed by atoms with Gasteiger partial charge in [0.2, 0.25) is 0 Å². The van der Waals surface area contributed by atoms with Crippen LogP contribution >= 0.6 is 0 Å². The van der Waals surface area contributed by atoms with Crippen molar-refractivity contribution in [1.82, 2.24) is 0 Å². The van der Waals surface area contributed by atoms with E-state index in [9.17, 15) is 19.8 Å². The Balaban J connectivity index is 0.00000190. The second-order valence-corrected chi connectivity index (χ2v) is 10.5. The number of amides is 2. The number of phenolic OH excluding ortho intramolecular Hbond substituents is 2. The number of benzene rings is 4. The summed E-state index contributed by atoms with van der Waals surface area (Å²) in [4.78, 5) is 25.4. The molecular formula is C41H54N2O4. The van der Waals surface area contributed by atoms with Crippen molar-refractivity contribution in [1.29, 1.82) is 0 Å².